The standard InChI is InChI=1S/C28H28FNO3/c1-5-24(31)23-14-20-16-28(20,15-19-10-11-21(29)13-18(19)4)30-27(23)33-26-9-7-6-8-22(26)25(32)12-17(2)3/h6-14,20H,5,15-16H2,1-4H3. The molecule has 2 unspecified atom stereocenters. The van der Waals surface area contributed by atoms with Gasteiger partial charge in [0.2, 0.25) is 5.90 Å². The summed E-state index contributed by atoms with van der Waals surface area (Å²) in [7, 11) is 0. The lowest BCUT2D eigenvalue weighted by Gasteiger charge is -2.22. The van der Waals surface area contributed by atoms with Crippen LogP contribution >= 0.6 is 0 Å². The Kier molecular flexibility index (Phi) is 6.15. The molecule has 1 aliphatic heterocycles. The third-order valence-electron chi connectivity index (χ3n) is 6.23. The SMILES string of the molecule is CCC(=O)C1=CC2CC2(Cc2ccc(F)cc2C)N=C1Oc1ccccc1C(=O)C=C(C)C. The van der Waals surface area contributed by atoms with E-state index < -0.39 is 5.54 Å². The Morgan fingerprint density at radius 2 is 1.97 bits per heavy atom. The van der Waals surface area contributed by atoms with Crippen LogP contribution in [-0.4, -0.2) is 23.0 Å². The number of hydrogen-bond acceptors (Lipinski definition) is 4. The van der Waals surface area contributed by atoms with Crippen molar-refractivity contribution in [3.63, 3.8) is 0 Å². The Morgan fingerprint density at radius 1 is 1.21 bits per heavy atom. The number of carbonyl (C=O) groups excluding carboxylic acids is 2. The molecule has 0 N–H and O–H groups in total. The number of carbonyl (C=O) groups is 2. The lowest BCUT2D eigenvalue weighted by Crippen LogP contribution is -2.28. The average Bonchev–Trinajstić information content (AvgIpc) is 3.47. The number of allylic oxidation sites excluding steroid dienone is 2. The molecule has 170 valence electrons. The molecule has 0 spiro atoms. The fraction of sp³-hybridized carbons (Fsp3) is 0.321. The van der Waals surface area contributed by atoms with Crippen LogP contribution in [0.3, 0.4) is 0 Å². The van der Waals surface area contributed by atoms with Gasteiger partial charge in [-0.3, -0.25) is 9.59 Å². The Balaban J connectivity index is 1.70. The molecule has 0 radical (unpaired) electrons. The predicted octanol–water partition coefficient (Wildman–Crippen LogP) is 5.98. The number of benzene rings is 2. The number of para-hydroxylation sites is 1. The average molecular weight is 446 g/mol. The maximum absolute atomic E-state index is 13.6. The van der Waals surface area contributed by atoms with Crippen molar-refractivity contribution >= 4 is 17.5 Å². The molecule has 1 fully saturated rings. The highest BCUT2D eigenvalue weighted by Crippen LogP contribution is 2.53. The Hall–Kier alpha value is -3.34. The number of halogens is 1. The third kappa shape index (κ3) is 4.72. The molecule has 1 saturated carbocycles. The first-order valence-electron chi connectivity index (χ1n) is 11.3. The molecule has 4 nitrogen and oxygen atoms in total. The molecule has 0 bridgehead atoms. The summed E-state index contributed by atoms with van der Waals surface area (Å²) < 4.78 is 19.8. The van der Waals surface area contributed by atoms with Crippen LogP contribution < -0.4 is 4.74 Å². The van der Waals surface area contributed by atoms with Gasteiger partial charge in [0, 0.05) is 12.3 Å². The van der Waals surface area contributed by atoms with E-state index in [-0.39, 0.29) is 29.2 Å². The second-order valence-electron chi connectivity index (χ2n) is 9.12. The van der Waals surface area contributed by atoms with Crippen LogP contribution in [0.1, 0.15) is 55.1 Å². The first kappa shape index (κ1) is 22.8. The van der Waals surface area contributed by atoms with Crippen molar-refractivity contribution in [2.75, 3.05) is 0 Å². The zero-order chi connectivity index (χ0) is 23.8. The second-order valence-corrected chi connectivity index (χ2v) is 9.12. The Morgan fingerprint density at radius 3 is 2.67 bits per heavy atom. The van der Waals surface area contributed by atoms with Crippen LogP contribution in [-0.2, 0) is 11.2 Å². The molecule has 1 aliphatic carbocycles. The summed E-state index contributed by atoms with van der Waals surface area (Å²) in [4.78, 5) is 30.4. The lowest BCUT2D eigenvalue weighted by molar-refractivity contribution is -0.114. The van der Waals surface area contributed by atoms with E-state index in [1.54, 1.807) is 36.4 Å². The largest absolute Gasteiger partial charge is 0.438 e. The van der Waals surface area contributed by atoms with E-state index in [9.17, 15) is 14.0 Å². The van der Waals surface area contributed by atoms with E-state index >= 15 is 0 Å². The van der Waals surface area contributed by atoms with Gasteiger partial charge in [-0.15, -0.1) is 0 Å². The van der Waals surface area contributed by atoms with Crippen LogP contribution in [0.4, 0.5) is 4.39 Å². The molecule has 1 heterocycles. The maximum Gasteiger partial charge on any atom is 0.225 e. The molecule has 0 saturated heterocycles. The summed E-state index contributed by atoms with van der Waals surface area (Å²) in [6.45, 7) is 7.43. The quantitative estimate of drug-likeness (QED) is 0.389. The lowest BCUT2D eigenvalue weighted by atomic mass is 9.95. The Labute approximate surface area is 193 Å². The molecule has 2 aromatic rings. The highest BCUT2D eigenvalue weighted by molar-refractivity contribution is 6.21. The molecule has 2 aromatic carbocycles. The van der Waals surface area contributed by atoms with Gasteiger partial charge < -0.3 is 4.74 Å². The van der Waals surface area contributed by atoms with Gasteiger partial charge in [-0.25, -0.2) is 9.38 Å². The number of fused-ring (bicyclic) bond motifs is 1. The molecule has 5 heteroatoms. The van der Waals surface area contributed by atoms with E-state index in [2.05, 4.69) is 0 Å². The summed E-state index contributed by atoms with van der Waals surface area (Å²) in [5.41, 5.74) is 3.28. The number of rotatable bonds is 7. The van der Waals surface area contributed by atoms with E-state index in [1.165, 1.54) is 12.1 Å². The van der Waals surface area contributed by atoms with Gasteiger partial charge in [0.25, 0.3) is 0 Å². The topological polar surface area (TPSA) is 55.7 Å². The van der Waals surface area contributed by atoms with Gasteiger partial charge in [0.05, 0.1) is 16.7 Å². The van der Waals surface area contributed by atoms with Gasteiger partial charge in [0.1, 0.15) is 11.6 Å². The van der Waals surface area contributed by atoms with Crippen LogP contribution in [0.15, 0.2) is 70.8 Å². The van der Waals surface area contributed by atoms with Crippen molar-refractivity contribution in [3.8, 4) is 5.75 Å². The van der Waals surface area contributed by atoms with Crippen molar-refractivity contribution in [1.82, 2.24) is 0 Å². The minimum Gasteiger partial charge on any atom is -0.438 e. The maximum atomic E-state index is 13.6. The highest BCUT2D eigenvalue weighted by atomic mass is 19.1. The van der Waals surface area contributed by atoms with Crippen LogP contribution in [0.25, 0.3) is 0 Å². The van der Waals surface area contributed by atoms with Crippen LogP contribution in [0, 0.1) is 18.7 Å². The number of aliphatic imine (C=N–C) groups is 1. The zero-order valence-electron chi connectivity index (χ0n) is 19.4. The Bertz CT molecular complexity index is 1220. The molecule has 33 heavy (non-hydrogen) atoms. The number of ether oxygens (including phenoxy) is 1. The van der Waals surface area contributed by atoms with Gasteiger partial charge in [0.15, 0.2) is 11.6 Å². The summed E-state index contributed by atoms with van der Waals surface area (Å²) in [5, 5.41) is 0. The van der Waals surface area contributed by atoms with E-state index in [0.717, 1.165) is 23.1 Å². The van der Waals surface area contributed by atoms with Crippen molar-refractivity contribution in [1.29, 1.82) is 0 Å². The summed E-state index contributed by atoms with van der Waals surface area (Å²) >= 11 is 0. The molecule has 4 rings (SSSR count). The first-order valence-corrected chi connectivity index (χ1v) is 11.3. The number of hydrogen-bond donors (Lipinski definition) is 0. The van der Waals surface area contributed by atoms with Crippen molar-refractivity contribution in [3.05, 3.63) is 88.3 Å². The van der Waals surface area contributed by atoms with Crippen LogP contribution in [0.5, 0.6) is 5.75 Å². The van der Waals surface area contributed by atoms with E-state index in [1.807, 2.05) is 33.8 Å². The van der Waals surface area contributed by atoms with E-state index in [0.29, 0.717) is 29.7 Å². The first-order chi connectivity index (χ1) is 15.7. The molecular weight excluding hydrogens is 417 g/mol. The second kappa shape index (κ2) is 8.89. The smallest absolute Gasteiger partial charge is 0.225 e. The minimum absolute atomic E-state index is 0.0414. The predicted molar refractivity (Wildman–Crippen MR) is 127 cm³/mol. The monoisotopic (exact) mass is 445 g/mol. The minimum atomic E-state index is -0.408. The van der Waals surface area contributed by atoms with Crippen molar-refractivity contribution < 1.29 is 18.7 Å². The number of nitrogens with zero attached hydrogens (tertiary/aromatic N) is 1. The van der Waals surface area contributed by atoms with Gasteiger partial charge in [-0.2, -0.15) is 0 Å². The number of aryl methyl sites for hydroxylation is 1. The summed E-state index contributed by atoms with van der Waals surface area (Å²) in [6.07, 6.45) is 5.31. The van der Waals surface area contributed by atoms with Gasteiger partial charge >= 0.3 is 0 Å². The van der Waals surface area contributed by atoms with E-state index in [4.69, 9.17) is 9.73 Å². The number of dihydropyridines is 1. The van der Waals surface area contributed by atoms with Gasteiger partial charge in [-0.05, 0) is 75.1 Å². The highest BCUT2D eigenvalue weighted by Gasteiger charge is 2.56. The fourth-order valence-electron chi connectivity index (χ4n) is 4.31. The fourth-order valence-corrected chi connectivity index (χ4v) is 4.31. The molecule has 0 aromatic heterocycles. The summed E-state index contributed by atoms with van der Waals surface area (Å²) in [6, 6.07) is 11.8. The van der Waals surface area contributed by atoms with Crippen molar-refractivity contribution in [2.45, 2.75) is 52.5 Å². The normalized spacial score (nSPS) is 20.8. The molecule has 2 aliphatic rings. The van der Waals surface area contributed by atoms with Crippen LogP contribution in [0.2, 0.25) is 0 Å². The van der Waals surface area contributed by atoms with Crippen molar-refractivity contribution in [2.24, 2.45) is 10.9 Å². The van der Waals surface area contributed by atoms with Gasteiger partial charge in [-0.1, -0.05) is 36.8 Å². The summed E-state index contributed by atoms with van der Waals surface area (Å²) in [5.74, 6) is 0.317. The zero-order valence-corrected chi connectivity index (χ0v) is 19.4. The number of ketones is 2. The molecular formula is C28H28FNO3. The third-order valence-corrected chi connectivity index (χ3v) is 6.23. The molecule has 2 atom stereocenters. The number of Topliss-reactive ketones (excluding diaryl/α,β-unsaturated/α-hetero) is 1. The molecule has 0 amide bonds.